The topological polar surface area (TPSA) is 113 Å². The van der Waals surface area contributed by atoms with Crippen molar-refractivity contribution in [3.63, 3.8) is 0 Å². The lowest BCUT2D eigenvalue weighted by atomic mass is 9.78. The molecule has 0 spiro atoms. The maximum Gasteiger partial charge on any atom is 0.394 e. The van der Waals surface area contributed by atoms with Crippen LogP contribution in [0.15, 0.2) is 0 Å². The van der Waals surface area contributed by atoms with Crippen molar-refractivity contribution >= 4 is 11.7 Å². The Hall–Kier alpha value is -1.15. The second kappa shape index (κ2) is 4.79. The fourth-order valence-corrected chi connectivity index (χ4v) is 1.39. The standard InChI is InChI=1S/C8H14F3N3O2/c1-4(13)7(14,6(15)16)5(2-3-12)8(9,10)11/h5,13H,2-3,12,14H2,1H3,(H,15,16). The van der Waals surface area contributed by atoms with Crippen LogP contribution in [0.2, 0.25) is 0 Å². The van der Waals surface area contributed by atoms with Crippen LogP contribution in [-0.4, -0.2) is 35.0 Å². The van der Waals surface area contributed by atoms with E-state index in [0.29, 0.717) is 0 Å². The van der Waals surface area contributed by atoms with Crippen molar-refractivity contribution in [1.82, 2.24) is 0 Å². The molecule has 0 saturated heterocycles. The number of aliphatic carboxylic acids is 1. The average Bonchev–Trinajstić information content (AvgIpc) is 2.10. The van der Waals surface area contributed by atoms with Crippen LogP contribution in [0.5, 0.6) is 0 Å². The average molecular weight is 241 g/mol. The Bertz CT molecular complexity index is 277. The molecule has 0 amide bonds. The molecule has 2 unspecified atom stereocenters. The first-order valence-electron chi connectivity index (χ1n) is 4.43. The molecule has 8 heteroatoms. The molecule has 0 aliphatic carbocycles. The third-order valence-corrected chi connectivity index (χ3v) is 2.37. The van der Waals surface area contributed by atoms with E-state index in [-0.39, 0.29) is 6.54 Å². The zero-order valence-corrected chi connectivity index (χ0v) is 8.64. The molecular formula is C8H14F3N3O2. The Morgan fingerprint density at radius 3 is 2.12 bits per heavy atom. The van der Waals surface area contributed by atoms with Gasteiger partial charge in [0.25, 0.3) is 0 Å². The molecule has 16 heavy (non-hydrogen) atoms. The van der Waals surface area contributed by atoms with E-state index in [1.165, 1.54) is 0 Å². The molecule has 0 aliphatic rings. The lowest BCUT2D eigenvalue weighted by molar-refractivity contribution is -0.194. The first-order valence-corrected chi connectivity index (χ1v) is 4.43. The minimum atomic E-state index is -4.81. The lowest BCUT2D eigenvalue weighted by Gasteiger charge is -2.34. The summed E-state index contributed by atoms with van der Waals surface area (Å²) in [6, 6.07) is 0. The Morgan fingerprint density at radius 1 is 1.50 bits per heavy atom. The largest absolute Gasteiger partial charge is 0.480 e. The summed E-state index contributed by atoms with van der Waals surface area (Å²) < 4.78 is 37.9. The fourth-order valence-electron chi connectivity index (χ4n) is 1.39. The molecule has 2 atom stereocenters. The Morgan fingerprint density at radius 2 is 1.94 bits per heavy atom. The smallest absolute Gasteiger partial charge is 0.394 e. The summed E-state index contributed by atoms with van der Waals surface area (Å²) in [7, 11) is 0. The molecular weight excluding hydrogens is 227 g/mol. The van der Waals surface area contributed by atoms with Gasteiger partial charge in [-0.3, -0.25) is 0 Å². The zero-order chi connectivity index (χ0) is 13.1. The van der Waals surface area contributed by atoms with Crippen LogP contribution >= 0.6 is 0 Å². The van der Waals surface area contributed by atoms with Crippen LogP contribution < -0.4 is 11.5 Å². The second-order valence-electron chi connectivity index (χ2n) is 3.47. The van der Waals surface area contributed by atoms with Gasteiger partial charge in [-0.05, 0) is 19.9 Å². The molecule has 0 radical (unpaired) electrons. The van der Waals surface area contributed by atoms with E-state index in [1.807, 2.05) is 0 Å². The van der Waals surface area contributed by atoms with E-state index < -0.39 is 35.7 Å². The molecule has 0 aliphatic heterocycles. The Balaban J connectivity index is 5.45. The van der Waals surface area contributed by atoms with Crippen LogP contribution in [0.4, 0.5) is 13.2 Å². The number of nitrogens with two attached hydrogens (primary N) is 2. The predicted octanol–water partition coefficient (Wildman–Crippen LogP) is 0.335. The number of hydrogen-bond donors (Lipinski definition) is 4. The number of rotatable bonds is 5. The highest BCUT2D eigenvalue weighted by molar-refractivity contribution is 6.08. The van der Waals surface area contributed by atoms with Crippen LogP contribution in [0, 0.1) is 11.3 Å². The number of nitrogens with one attached hydrogen (secondary N) is 1. The molecule has 94 valence electrons. The summed E-state index contributed by atoms with van der Waals surface area (Å²) in [6.45, 7) is 0.576. The van der Waals surface area contributed by atoms with Gasteiger partial charge >= 0.3 is 12.1 Å². The van der Waals surface area contributed by atoms with Gasteiger partial charge in [0.05, 0.1) is 5.92 Å². The molecule has 0 saturated carbocycles. The van der Waals surface area contributed by atoms with Gasteiger partial charge in [-0.25, -0.2) is 4.79 Å². The van der Waals surface area contributed by atoms with Crippen LogP contribution in [-0.2, 0) is 4.79 Å². The van der Waals surface area contributed by atoms with Crippen molar-refractivity contribution in [3.05, 3.63) is 0 Å². The van der Waals surface area contributed by atoms with E-state index in [1.54, 1.807) is 0 Å². The SMILES string of the molecule is CC(=N)C(N)(C(=O)O)C(CCN)C(F)(F)F. The minimum absolute atomic E-state index is 0.357. The maximum absolute atomic E-state index is 12.6. The van der Waals surface area contributed by atoms with Gasteiger partial charge in [-0.1, -0.05) is 0 Å². The molecule has 0 heterocycles. The van der Waals surface area contributed by atoms with Gasteiger partial charge in [0, 0.05) is 5.71 Å². The molecule has 0 bridgehead atoms. The van der Waals surface area contributed by atoms with Crippen molar-refractivity contribution in [3.8, 4) is 0 Å². The summed E-state index contributed by atoms with van der Waals surface area (Å²) in [5, 5.41) is 15.9. The maximum atomic E-state index is 12.6. The van der Waals surface area contributed by atoms with Gasteiger partial charge < -0.3 is 22.0 Å². The van der Waals surface area contributed by atoms with E-state index >= 15 is 0 Å². The number of carbonyl (C=O) groups is 1. The fraction of sp³-hybridized carbons (Fsp3) is 0.750. The minimum Gasteiger partial charge on any atom is -0.480 e. The normalized spacial score (nSPS) is 17.6. The van der Waals surface area contributed by atoms with Gasteiger partial charge in [0.1, 0.15) is 0 Å². The Labute approximate surface area is 90.1 Å². The van der Waals surface area contributed by atoms with Crippen LogP contribution in [0.3, 0.4) is 0 Å². The third kappa shape index (κ3) is 2.70. The first-order chi connectivity index (χ1) is 7.08. The summed E-state index contributed by atoms with van der Waals surface area (Å²) in [5.41, 5.74) is 6.70. The highest BCUT2D eigenvalue weighted by Crippen LogP contribution is 2.36. The van der Waals surface area contributed by atoms with E-state index in [2.05, 4.69) is 0 Å². The van der Waals surface area contributed by atoms with Gasteiger partial charge in [-0.2, -0.15) is 13.2 Å². The Kier molecular flexibility index (Phi) is 4.45. The monoisotopic (exact) mass is 241 g/mol. The van der Waals surface area contributed by atoms with E-state index in [0.717, 1.165) is 6.92 Å². The first kappa shape index (κ1) is 14.8. The highest BCUT2D eigenvalue weighted by atomic mass is 19.4. The van der Waals surface area contributed by atoms with Gasteiger partial charge in [0.2, 0.25) is 0 Å². The summed E-state index contributed by atoms with van der Waals surface area (Å²) >= 11 is 0. The number of halogens is 3. The molecule has 0 aromatic heterocycles. The van der Waals surface area contributed by atoms with Crippen molar-refractivity contribution in [1.29, 1.82) is 5.41 Å². The molecule has 5 nitrogen and oxygen atoms in total. The molecule has 0 rings (SSSR count). The van der Waals surface area contributed by atoms with E-state index in [9.17, 15) is 18.0 Å². The van der Waals surface area contributed by atoms with Crippen molar-refractivity contribution in [2.75, 3.05) is 6.54 Å². The van der Waals surface area contributed by atoms with Crippen LogP contribution in [0.1, 0.15) is 13.3 Å². The second-order valence-corrected chi connectivity index (χ2v) is 3.47. The van der Waals surface area contributed by atoms with E-state index in [4.69, 9.17) is 22.0 Å². The van der Waals surface area contributed by atoms with Crippen molar-refractivity contribution in [2.24, 2.45) is 17.4 Å². The summed E-state index contributed by atoms with van der Waals surface area (Å²) in [5.74, 6) is -4.24. The number of hydrogen-bond acceptors (Lipinski definition) is 4. The number of alkyl halides is 3. The summed E-state index contributed by atoms with van der Waals surface area (Å²) in [4.78, 5) is 10.8. The van der Waals surface area contributed by atoms with Crippen molar-refractivity contribution in [2.45, 2.75) is 25.1 Å². The zero-order valence-electron chi connectivity index (χ0n) is 8.64. The third-order valence-electron chi connectivity index (χ3n) is 2.37. The quantitative estimate of drug-likeness (QED) is 0.519. The van der Waals surface area contributed by atoms with Crippen LogP contribution in [0.25, 0.3) is 0 Å². The molecule has 0 aromatic carbocycles. The molecule has 0 fully saturated rings. The van der Waals surface area contributed by atoms with Crippen molar-refractivity contribution < 1.29 is 23.1 Å². The number of carboxylic acid groups (broad SMARTS) is 1. The predicted molar refractivity (Wildman–Crippen MR) is 51.2 cm³/mol. The lowest BCUT2D eigenvalue weighted by Crippen LogP contribution is -2.63. The molecule has 6 N–H and O–H groups in total. The highest BCUT2D eigenvalue weighted by Gasteiger charge is 2.56. The van der Waals surface area contributed by atoms with Gasteiger partial charge in [0.15, 0.2) is 5.54 Å². The number of carboxylic acids is 1. The summed E-state index contributed by atoms with van der Waals surface area (Å²) in [6.07, 6.45) is -5.45. The van der Waals surface area contributed by atoms with Gasteiger partial charge in [-0.15, -0.1) is 0 Å². The molecule has 0 aromatic rings.